The molecule has 0 bridgehead atoms. The minimum Gasteiger partial charge on any atom is -0.383 e. The van der Waals surface area contributed by atoms with E-state index in [1.165, 1.54) is 12.1 Å². The average Bonchev–Trinajstić information content (AvgIpc) is 2.50. The van der Waals surface area contributed by atoms with Gasteiger partial charge >= 0.3 is 0 Å². The van der Waals surface area contributed by atoms with E-state index >= 15 is 0 Å². The lowest BCUT2D eigenvalue weighted by molar-refractivity contribution is 0.184. The molecule has 0 atom stereocenters. The van der Waals surface area contributed by atoms with E-state index in [1.54, 1.807) is 7.11 Å². The second-order valence-electron chi connectivity index (χ2n) is 5.38. The Morgan fingerprint density at radius 1 is 1.24 bits per heavy atom. The Hall–Kier alpha value is -0.520. The maximum atomic E-state index is 14.2. The van der Waals surface area contributed by atoms with Crippen molar-refractivity contribution in [2.24, 2.45) is 5.41 Å². The fraction of sp³-hybridized carbons (Fsp3) is 0.625. The van der Waals surface area contributed by atoms with Crippen molar-refractivity contribution >= 4 is 15.9 Å². The van der Waals surface area contributed by atoms with Crippen LogP contribution in [0.1, 0.15) is 32.3 Å². The molecular formula is C16H24BrF2NO. The first-order valence-electron chi connectivity index (χ1n) is 7.31. The van der Waals surface area contributed by atoms with Gasteiger partial charge in [0.15, 0.2) is 0 Å². The molecule has 0 aliphatic carbocycles. The molecule has 0 heterocycles. The summed E-state index contributed by atoms with van der Waals surface area (Å²) < 4.78 is 33.5. The van der Waals surface area contributed by atoms with Crippen molar-refractivity contribution < 1.29 is 13.5 Å². The van der Waals surface area contributed by atoms with Crippen LogP contribution in [-0.2, 0) is 11.2 Å². The summed E-state index contributed by atoms with van der Waals surface area (Å²) in [5, 5.41) is 3.32. The molecule has 0 spiro atoms. The van der Waals surface area contributed by atoms with Gasteiger partial charge in [-0.3, -0.25) is 0 Å². The lowest BCUT2D eigenvalue weighted by Gasteiger charge is -2.32. The third-order valence-electron chi connectivity index (χ3n) is 4.17. The van der Waals surface area contributed by atoms with Crippen molar-refractivity contribution in [2.45, 2.75) is 33.1 Å². The zero-order valence-electron chi connectivity index (χ0n) is 12.9. The van der Waals surface area contributed by atoms with Crippen LogP contribution in [0, 0.1) is 17.0 Å². The third-order valence-corrected chi connectivity index (χ3v) is 4.79. The second kappa shape index (κ2) is 8.81. The number of hydrogen-bond donors (Lipinski definition) is 1. The number of nitrogens with one attached hydrogen (secondary N) is 1. The molecule has 0 saturated carbocycles. The van der Waals surface area contributed by atoms with Crippen LogP contribution in [0.2, 0.25) is 0 Å². The Morgan fingerprint density at radius 2 is 1.90 bits per heavy atom. The number of ether oxygens (including phenoxy) is 1. The molecule has 0 aromatic heterocycles. The predicted octanol–water partition coefficient (Wildman–Crippen LogP) is 4.31. The van der Waals surface area contributed by atoms with E-state index in [-0.39, 0.29) is 11.0 Å². The first kappa shape index (κ1) is 18.5. The molecule has 21 heavy (non-hydrogen) atoms. The van der Waals surface area contributed by atoms with E-state index in [0.717, 1.165) is 25.9 Å². The lowest BCUT2D eigenvalue weighted by Crippen LogP contribution is -2.37. The molecular weight excluding hydrogens is 340 g/mol. The smallest absolute Gasteiger partial charge is 0.143 e. The minimum atomic E-state index is -0.488. The van der Waals surface area contributed by atoms with Crippen LogP contribution in [0.4, 0.5) is 8.78 Å². The predicted molar refractivity (Wildman–Crippen MR) is 85.5 cm³/mol. The summed E-state index contributed by atoms with van der Waals surface area (Å²) in [5.74, 6) is -0.961. The van der Waals surface area contributed by atoms with Crippen LogP contribution in [0.5, 0.6) is 0 Å². The van der Waals surface area contributed by atoms with E-state index in [4.69, 9.17) is 4.74 Å². The molecule has 0 amide bonds. The van der Waals surface area contributed by atoms with E-state index in [9.17, 15) is 8.78 Å². The van der Waals surface area contributed by atoms with Crippen LogP contribution in [0.25, 0.3) is 0 Å². The molecule has 0 radical (unpaired) electrons. The summed E-state index contributed by atoms with van der Waals surface area (Å²) in [6.45, 7) is 6.21. The quantitative estimate of drug-likeness (QED) is 0.521. The van der Waals surface area contributed by atoms with Gasteiger partial charge in [0.2, 0.25) is 0 Å². The first-order valence-corrected chi connectivity index (χ1v) is 8.11. The molecule has 0 unspecified atom stereocenters. The molecule has 0 aliphatic heterocycles. The molecule has 5 heteroatoms. The zero-order valence-corrected chi connectivity index (χ0v) is 14.5. The number of rotatable bonds is 9. The first-order chi connectivity index (χ1) is 9.99. The maximum Gasteiger partial charge on any atom is 0.143 e. The van der Waals surface area contributed by atoms with E-state index in [1.807, 2.05) is 0 Å². The van der Waals surface area contributed by atoms with Crippen molar-refractivity contribution in [1.29, 1.82) is 0 Å². The van der Waals surface area contributed by atoms with Crippen molar-refractivity contribution in [2.75, 3.05) is 26.8 Å². The molecule has 1 rings (SSSR count). The van der Waals surface area contributed by atoms with Crippen LogP contribution in [0.15, 0.2) is 16.6 Å². The van der Waals surface area contributed by atoms with Crippen LogP contribution < -0.4 is 5.32 Å². The zero-order chi connectivity index (χ0) is 15.9. The Labute approximate surface area is 134 Å². The van der Waals surface area contributed by atoms with Gasteiger partial charge in [-0.05, 0) is 52.7 Å². The number of hydrogen-bond acceptors (Lipinski definition) is 2. The van der Waals surface area contributed by atoms with Gasteiger partial charge in [0.05, 0.1) is 11.1 Å². The molecule has 1 aromatic carbocycles. The summed E-state index contributed by atoms with van der Waals surface area (Å²) >= 11 is 3.13. The highest BCUT2D eigenvalue weighted by molar-refractivity contribution is 9.10. The van der Waals surface area contributed by atoms with Crippen LogP contribution in [0.3, 0.4) is 0 Å². The van der Waals surface area contributed by atoms with Crippen molar-refractivity contribution in [3.8, 4) is 0 Å². The largest absolute Gasteiger partial charge is 0.383 e. The van der Waals surface area contributed by atoms with Gasteiger partial charge < -0.3 is 10.1 Å². The maximum absolute atomic E-state index is 14.2. The van der Waals surface area contributed by atoms with Crippen molar-refractivity contribution in [3.63, 3.8) is 0 Å². The Balaban J connectivity index is 2.89. The minimum absolute atomic E-state index is 0.157. The van der Waals surface area contributed by atoms with E-state index < -0.39 is 11.6 Å². The van der Waals surface area contributed by atoms with E-state index in [0.29, 0.717) is 17.5 Å². The van der Waals surface area contributed by atoms with Gasteiger partial charge in [0.25, 0.3) is 0 Å². The van der Waals surface area contributed by atoms with Gasteiger partial charge in [0, 0.05) is 25.8 Å². The summed E-state index contributed by atoms with van der Waals surface area (Å²) in [6.07, 6.45) is 2.10. The summed E-state index contributed by atoms with van der Waals surface area (Å²) in [4.78, 5) is 0. The standard InChI is InChI=1S/C16H24BrF2NO/c1-4-16(5-2,11-20-8-9-21-3)10-12-14(18)7-6-13(17)15(12)19/h6-7,20H,4-5,8-11H2,1-3H3. The van der Waals surface area contributed by atoms with Gasteiger partial charge in [-0.1, -0.05) is 13.8 Å². The molecule has 0 fully saturated rings. The Kier molecular flexibility index (Phi) is 7.77. The van der Waals surface area contributed by atoms with Crippen LogP contribution >= 0.6 is 15.9 Å². The van der Waals surface area contributed by atoms with Gasteiger partial charge in [-0.15, -0.1) is 0 Å². The SMILES string of the molecule is CCC(CC)(CNCCOC)Cc1c(F)ccc(Br)c1F. The number of methoxy groups -OCH3 is 1. The van der Waals surface area contributed by atoms with Crippen LogP contribution in [-0.4, -0.2) is 26.8 Å². The highest BCUT2D eigenvalue weighted by Crippen LogP contribution is 2.33. The Bertz CT molecular complexity index is 450. The molecule has 0 saturated heterocycles. The topological polar surface area (TPSA) is 21.3 Å². The third kappa shape index (κ3) is 5.01. The Morgan fingerprint density at radius 3 is 2.48 bits per heavy atom. The summed E-state index contributed by atoms with van der Waals surface area (Å²) in [6, 6.07) is 2.72. The highest BCUT2D eigenvalue weighted by atomic mass is 79.9. The fourth-order valence-electron chi connectivity index (χ4n) is 2.45. The second-order valence-corrected chi connectivity index (χ2v) is 6.23. The molecule has 120 valence electrons. The molecule has 1 N–H and O–H groups in total. The summed E-state index contributed by atoms with van der Waals surface area (Å²) in [7, 11) is 1.65. The normalized spacial score (nSPS) is 11.9. The van der Waals surface area contributed by atoms with Gasteiger partial charge in [-0.25, -0.2) is 8.78 Å². The van der Waals surface area contributed by atoms with Crippen molar-refractivity contribution in [3.05, 3.63) is 33.8 Å². The van der Waals surface area contributed by atoms with Gasteiger partial charge in [0.1, 0.15) is 11.6 Å². The monoisotopic (exact) mass is 363 g/mol. The highest BCUT2D eigenvalue weighted by Gasteiger charge is 2.29. The molecule has 0 aliphatic rings. The van der Waals surface area contributed by atoms with Crippen molar-refractivity contribution in [1.82, 2.24) is 5.32 Å². The lowest BCUT2D eigenvalue weighted by atomic mass is 9.76. The fourth-order valence-corrected chi connectivity index (χ4v) is 2.82. The van der Waals surface area contributed by atoms with Gasteiger partial charge in [-0.2, -0.15) is 0 Å². The molecule has 1 aromatic rings. The average molecular weight is 364 g/mol. The summed E-state index contributed by atoms with van der Waals surface area (Å²) in [5.41, 5.74) is 0.0116. The number of halogens is 3. The van der Waals surface area contributed by atoms with E-state index in [2.05, 4.69) is 35.1 Å². The molecule has 2 nitrogen and oxygen atoms in total. The number of benzene rings is 1.